The summed E-state index contributed by atoms with van der Waals surface area (Å²) >= 11 is 0. The third kappa shape index (κ3) is 4.72. The van der Waals surface area contributed by atoms with E-state index in [0.29, 0.717) is 17.1 Å². The minimum Gasteiger partial charge on any atom is -0.483 e. The van der Waals surface area contributed by atoms with Crippen molar-refractivity contribution in [3.05, 3.63) is 59.2 Å². The molecule has 0 radical (unpaired) electrons. The van der Waals surface area contributed by atoms with Gasteiger partial charge < -0.3 is 14.8 Å². The summed E-state index contributed by atoms with van der Waals surface area (Å²) in [5.74, 6) is 0.683. The van der Waals surface area contributed by atoms with Gasteiger partial charge in [0.1, 0.15) is 5.60 Å². The molecule has 0 unspecified atom stereocenters. The molecule has 1 heterocycles. The number of benzene rings is 2. The summed E-state index contributed by atoms with van der Waals surface area (Å²) in [5, 5.41) is 2.56. The molecule has 3 rings (SSSR count). The highest BCUT2D eigenvalue weighted by Gasteiger charge is 2.32. The van der Waals surface area contributed by atoms with Gasteiger partial charge in [-0.25, -0.2) is 0 Å². The summed E-state index contributed by atoms with van der Waals surface area (Å²) in [6.45, 7) is 3.68. The summed E-state index contributed by atoms with van der Waals surface area (Å²) in [4.78, 5) is 12.0. The van der Waals surface area contributed by atoms with Crippen molar-refractivity contribution in [2.45, 2.75) is 38.6 Å². The zero-order valence-electron chi connectivity index (χ0n) is 15.0. The molecular weight excluding hydrogens is 359 g/mol. The number of halogens is 3. The summed E-state index contributed by atoms with van der Waals surface area (Å²) < 4.78 is 49.6. The first-order valence-corrected chi connectivity index (χ1v) is 8.51. The van der Waals surface area contributed by atoms with Crippen LogP contribution in [-0.4, -0.2) is 18.1 Å². The SMILES string of the molecule is CC1(C)Cc2cccc(OCC(=O)NCc3cccc(C(F)(F)F)c3)c2O1. The van der Waals surface area contributed by atoms with Gasteiger partial charge in [-0.1, -0.05) is 24.3 Å². The molecule has 1 N–H and O–H groups in total. The van der Waals surface area contributed by atoms with E-state index in [9.17, 15) is 18.0 Å². The minimum absolute atomic E-state index is 0.0114. The van der Waals surface area contributed by atoms with Crippen LogP contribution in [0, 0.1) is 0 Å². The number of carbonyl (C=O) groups is 1. The fourth-order valence-corrected chi connectivity index (χ4v) is 2.95. The molecule has 0 atom stereocenters. The standard InChI is InChI=1S/C20H20F3NO3/c1-19(2)10-14-6-4-8-16(18(14)27-19)26-12-17(25)24-11-13-5-3-7-15(9-13)20(21,22)23/h3-9H,10-12H2,1-2H3,(H,24,25). The van der Waals surface area contributed by atoms with E-state index in [1.54, 1.807) is 6.07 Å². The van der Waals surface area contributed by atoms with Gasteiger partial charge in [0.25, 0.3) is 5.91 Å². The van der Waals surface area contributed by atoms with E-state index in [2.05, 4.69) is 5.32 Å². The number of ether oxygens (including phenoxy) is 2. The predicted octanol–water partition coefficient (Wildman–Crippen LogP) is 4.11. The number of amides is 1. The van der Waals surface area contributed by atoms with E-state index < -0.39 is 17.6 Å². The molecule has 0 spiro atoms. The number of rotatable bonds is 5. The Bertz CT molecular complexity index is 847. The number of fused-ring (bicyclic) bond motifs is 1. The molecule has 2 aromatic carbocycles. The smallest absolute Gasteiger partial charge is 0.416 e. The Morgan fingerprint density at radius 1 is 1.22 bits per heavy atom. The number of para-hydroxylation sites is 1. The number of carbonyl (C=O) groups excluding carboxylic acids is 1. The molecule has 4 nitrogen and oxygen atoms in total. The third-order valence-electron chi connectivity index (χ3n) is 4.16. The predicted molar refractivity (Wildman–Crippen MR) is 93.6 cm³/mol. The Kier molecular flexibility index (Phi) is 5.04. The lowest BCUT2D eigenvalue weighted by atomic mass is 10.0. The maximum atomic E-state index is 12.7. The molecule has 0 saturated heterocycles. The van der Waals surface area contributed by atoms with Crippen molar-refractivity contribution in [3.63, 3.8) is 0 Å². The molecule has 1 amide bonds. The highest BCUT2D eigenvalue weighted by Crippen LogP contribution is 2.41. The maximum absolute atomic E-state index is 12.7. The molecule has 0 aromatic heterocycles. The van der Waals surface area contributed by atoms with Crippen molar-refractivity contribution in [1.29, 1.82) is 0 Å². The van der Waals surface area contributed by atoms with Gasteiger partial charge in [0.05, 0.1) is 5.56 Å². The van der Waals surface area contributed by atoms with Crippen LogP contribution >= 0.6 is 0 Å². The third-order valence-corrected chi connectivity index (χ3v) is 4.16. The highest BCUT2D eigenvalue weighted by molar-refractivity contribution is 5.77. The van der Waals surface area contributed by atoms with Crippen molar-refractivity contribution in [3.8, 4) is 11.5 Å². The number of hydrogen-bond donors (Lipinski definition) is 1. The van der Waals surface area contributed by atoms with Crippen LogP contribution in [0.3, 0.4) is 0 Å². The van der Waals surface area contributed by atoms with E-state index in [-0.39, 0.29) is 18.8 Å². The van der Waals surface area contributed by atoms with Crippen LogP contribution in [-0.2, 0) is 23.9 Å². The summed E-state index contributed by atoms with van der Waals surface area (Å²) in [6.07, 6.45) is -3.66. The number of nitrogens with one attached hydrogen (secondary N) is 1. The molecule has 7 heteroatoms. The molecule has 0 fully saturated rings. The van der Waals surface area contributed by atoms with Crippen LogP contribution in [0.4, 0.5) is 13.2 Å². The lowest BCUT2D eigenvalue weighted by molar-refractivity contribution is -0.137. The lowest BCUT2D eigenvalue weighted by Crippen LogP contribution is -2.28. The monoisotopic (exact) mass is 379 g/mol. The summed E-state index contributed by atoms with van der Waals surface area (Å²) in [6, 6.07) is 10.3. The highest BCUT2D eigenvalue weighted by atomic mass is 19.4. The van der Waals surface area contributed by atoms with Crippen molar-refractivity contribution < 1.29 is 27.4 Å². The molecule has 1 aliphatic heterocycles. The van der Waals surface area contributed by atoms with E-state index in [4.69, 9.17) is 9.47 Å². The lowest BCUT2D eigenvalue weighted by Gasteiger charge is -2.18. The Hall–Kier alpha value is -2.70. The average Bonchev–Trinajstić information content (AvgIpc) is 2.92. The van der Waals surface area contributed by atoms with Crippen LogP contribution in [0.5, 0.6) is 11.5 Å². The van der Waals surface area contributed by atoms with Gasteiger partial charge in [-0.15, -0.1) is 0 Å². The second-order valence-electron chi connectivity index (χ2n) is 7.05. The molecule has 0 saturated carbocycles. The van der Waals surface area contributed by atoms with Crippen LogP contribution in [0.1, 0.15) is 30.5 Å². The van der Waals surface area contributed by atoms with Crippen molar-refractivity contribution in [2.24, 2.45) is 0 Å². The van der Waals surface area contributed by atoms with Crippen LogP contribution in [0.2, 0.25) is 0 Å². The largest absolute Gasteiger partial charge is 0.483 e. The van der Waals surface area contributed by atoms with Gasteiger partial charge in [-0.05, 0) is 37.6 Å². The van der Waals surface area contributed by atoms with Crippen LogP contribution in [0.25, 0.3) is 0 Å². The van der Waals surface area contributed by atoms with Gasteiger partial charge in [0.2, 0.25) is 0 Å². The molecule has 27 heavy (non-hydrogen) atoms. The van der Waals surface area contributed by atoms with E-state index >= 15 is 0 Å². The van der Waals surface area contributed by atoms with Gasteiger partial charge in [-0.2, -0.15) is 13.2 Å². The minimum atomic E-state index is -4.41. The van der Waals surface area contributed by atoms with Gasteiger partial charge >= 0.3 is 6.18 Å². The molecule has 0 bridgehead atoms. The molecule has 144 valence electrons. The first-order chi connectivity index (χ1) is 12.6. The van der Waals surface area contributed by atoms with Gasteiger partial charge in [-0.3, -0.25) is 4.79 Å². The zero-order chi connectivity index (χ0) is 19.7. The Labute approximate surface area is 155 Å². The zero-order valence-corrected chi connectivity index (χ0v) is 15.0. The number of hydrogen-bond acceptors (Lipinski definition) is 3. The normalized spacial score (nSPS) is 15.0. The van der Waals surface area contributed by atoms with E-state index in [1.807, 2.05) is 26.0 Å². The number of alkyl halides is 3. The van der Waals surface area contributed by atoms with Crippen molar-refractivity contribution >= 4 is 5.91 Å². The van der Waals surface area contributed by atoms with E-state index in [0.717, 1.165) is 24.1 Å². The topological polar surface area (TPSA) is 47.6 Å². The second kappa shape index (κ2) is 7.13. The summed E-state index contributed by atoms with van der Waals surface area (Å²) in [7, 11) is 0. The fourth-order valence-electron chi connectivity index (χ4n) is 2.95. The van der Waals surface area contributed by atoms with Crippen LogP contribution < -0.4 is 14.8 Å². The Morgan fingerprint density at radius 3 is 2.70 bits per heavy atom. The maximum Gasteiger partial charge on any atom is 0.416 e. The first kappa shape index (κ1) is 19.1. The van der Waals surface area contributed by atoms with Crippen LogP contribution in [0.15, 0.2) is 42.5 Å². The molecule has 2 aromatic rings. The molecule has 0 aliphatic carbocycles. The van der Waals surface area contributed by atoms with Gasteiger partial charge in [0, 0.05) is 18.5 Å². The molecular formula is C20H20F3NO3. The van der Waals surface area contributed by atoms with Crippen molar-refractivity contribution in [2.75, 3.05) is 6.61 Å². The van der Waals surface area contributed by atoms with Crippen molar-refractivity contribution in [1.82, 2.24) is 5.32 Å². The quantitative estimate of drug-likeness (QED) is 0.850. The fraction of sp³-hybridized carbons (Fsp3) is 0.350. The second-order valence-corrected chi connectivity index (χ2v) is 7.05. The van der Waals surface area contributed by atoms with Gasteiger partial charge in [0.15, 0.2) is 18.1 Å². The Balaban J connectivity index is 1.56. The van der Waals surface area contributed by atoms with E-state index in [1.165, 1.54) is 12.1 Å². The average molecular weight is 379 g/mol. The Morgan fingerprint density at radius 2 is 1.96 bits per heavy atom. The summed E-state index contributed by atoms with van der Waals surface area (Å²) in [5.41, 5.74) is 0.309. The first-order valence-electron chi connectivity index (χ1n) is 8.51. The molecule has 1 aliphatic rings.